The number of nitrogens with one attached hydrogen (secondary N) is 1. The fourth-order valence-corrected chi connectivity index (χ4v) is 5.72. The normalized spacial score (nSPS) is 20.8. The first-order valence-corrected chi connectivity index (χ1v) is 11.4. The Labute approximate surface area is 172 Å². The molecular formula is C20H23FN3O2S2+. The van der Waals surface area contributed by atoms with Crippen LogP contribution in [0.4, 0.5) is 4.39 Å². The van der Waals surface area contributed by atoms with Gasteiger partial charge in [-0.05, 0) is 40.6 Å². The van der Waals surface area contributed by atoms with Crippen molar-refractivity contribution in [1.82, 2.24) is 9.80 Å². The lowest BCUT2D eigenvalue weighted by atomic mass is 10.1. The van der Waals surface area contributed by atoms with E-state index in [2.05, 4.69) is 16.8 Å². The zero-order chi connectivity index (χ0) is 19.5. The molecule has 8 heteroatoms. The van der Waals surface area contributed by atoms with Crippen molar-refractivity contribution < 1.29 is 18.9 Å². The number of benzene rings is 1. The van der Waals surface area contributed by atoms with Crippen molar-refractivity contribution in [3.8, 4) is 0 Å². The average Bonchev–Trinajstić information content (AvgIpc) is 3.36. The number of amides is 2. The molecule has 28 heavy (non-hydrogen) atoms. The molecule has 3 heterocycles. The van der Waals surface area contributed by atoms with Crippen molar-refractivity contribution >= 4 is 34.9 Å². The predicted octanol–water partition coefficient (Wildman–Crippen LogP) is 1.50. The number of carbonyl (C=O) groups excluding carboxylic acids is 2. The summed E-state index contributed by atoms with van der Waals surface area (Å²) in [5, 5.41) is 4.30. The lowest BCUT2D eigenvalue weighted by Gasteiger charge is -2.33. The third-order valence-electron chi connectivity index (χ3n) is 5.33. The Morgan fingerprint density at radius 1 is 1.25 bits per heavy atom. The van der Waals surface area contributed by atoms with Gasteiger partial charge in [0.25, 0.3) is 5.91 Å². The third kappa shape index (κ3) is 4.24. The molecule has 0 spiro atoms. The number of nitrogens with zero attached hydrogens (tertiary/aromatic N) is 2. The summed E-state index contributed by atoms with van der Waals surface area (Å²) in [6.07, 6.45) is 0. The van der Waals surface area contributed by atoms with E-state index < -0.39 is 0 Å². The number of halogens is 1. The van der Waals surface area contributed by atoms with Gasteiger partial charge in [-0.2, -0.15) is 11.3 Å². The first-order valence-electron chi connectivity index (χ1n) is 9.43. The minimum atomic E-state index is -0.386. The maximum atomic E-state index is 13.4. The Balaban J connectivity index is 1.29. The van der Waals surface area contributed by atoms with Gasteiger partial charge in [0.1, 0.15) is 11.2 Å². The highest BCUT2D eigenvalue weighted by Gasteiger charge is 2.34. The van der Waals surface area contributed by atoms with Crippen LogP contribution in [0.15, 0.2) is 41.1 Å². The third-order valence-corrected chi connectivity index (χ3v) is 7.29. The van der Waals surface area contributed by atoms with E-state index in [1.165, 1.54) is 22.6 Å². The van der Waals surface area contributed by atoms with Crippen molar-refractivity contribution in [1.29, 1.82) is 0 Å². The van der Waals surface area contributed by atoms with Gasteiger partial charge in [-0.15, -0.1) is 11.8 Å². The molecule has 0 unspecified atom stereocenters. The molecule has 1 aromatic carbocycles. The van der Waals surface area contributed by atoms with Crippen LogP contribution < -0.4 is 4.90 Å². The highest BCUT2D eigenvalue weighted by Crippen LogP contribution is 2.38. The summed E-state index contributed by atoms with van der Waals surface area (Å²) in [5.41, 5.74) is 1.61. The van der Waals surface area contributed by atoms with Crippen molar-refractivity contribution in [2.75, 3.05) is 45.0 Å². The summed E-state index contributed by atoms with van der Waals surface area (Å²) in [6.45, 7) is 4.62. The Hall–Kier alpha value is -1.90. The van der Waals surface area contributed by atoms with Crippen LogP contribution >= 0.6 is 23.1 Å². The second-order valence-corrected chi connectivity index (χ2v) is 8.96. The van der Waals surface area contributed by atoms with Crippen LogP contribution in [0.3, 0.4) is 0 Å². The maximum Gasteiger partial charge on any atom is 0.254 e. The van der Waals surface area contributed by atoms with Gasteiger partial charge in [-0.3, -0.25) is 9.59 Å². The molecule has 0 bridgehead atoms. The molecule has 2 amide bonds. The molecule has 4 rings (SSSR count). The zero-order valence-electron chi connectivity index (χ0n) is 15.5. The molecule has 2 fully saturated rings. The van der Waals surface area contributed by atoms with E-state index in [0.717, 1.165) is 26.2 Å². The summed E-state index contributed by atoms with van der Waals surface area (Å²) in [5.74, 6) is 0.261. The number of carbonyl (C=O) groups is 2. The monoisotopic (exact) mass is 420 g/mol. The van der Waals surface area contributed by atoms with Crippen molar-refractivity contribution in [2.45, 2.75) is 5.37 Å². The summed E-state index contributed by atoms with van der Waals surface area (Å²) in [7, 11) is 0. The number of quaternary nitrogens is 1. The minimum absolute atomic E-state index is 0.109. The van der Waals surface area contributed by atoms with Crippen LogP contribution in [0.25, 0.3) is 0 Å². The van der Waals surface area contributed by atoms with Gasteiger partial charge < -0.3 is 14.7 Å². The van der Waals surface area contributed by atoms with Gasteiger partial charge in [0.05, 0.1) is 45.0 Å². The number of rotatable bonds is 5. The Bertz CT molecular complexity index is 838. The van der Waals surface area contributed by atoms with E-state index in [9.17, 15) is 14.0 Å². The SMILES string of the molecule is O=C(c1cccc(F)c1)N1CC[NH+](CCN2C(=O)CS[C@@H]2c2ccsc2)CC1. The molecule has 0 aliphatic carbocycles. The molecule has 2 aliphatic heterocycles. The van der Waals surface area contributed by atoms with E-state index in [1.807, 2.05) is 4.90 Å². The molecule has 1 N–H and O–H groups in total. The summed E-state index contributed by atoms with van der Waals surface area (Å²) in [6, 6.07) is 7.96. The van der Waals surface area contributed by atoms with Gasteiger partial charge in [-0.1, -0.05) is 6.07 Å². The van der Waals surface area contributed by atoms with Crippen molar-refractivity contribution in [3.05, 3.63) is 58.0 Å². The second kappa shape index (κ2) is 8.63. The Kier molecular flexibility index (Phi) is 5.99. The maximum absolute atomic E-state index is 13.4. The van der Waals surface area contributed by atoms with Crippen molar-refractivity contribution in [3.63, 3.8) is 0 Å². The predicted molar refractivity (Wildman–Crippen MR) is 109 cm³/mol. The number of thioether (sulfide) groups is 1. The number of thiophene rings is 1. The van der Waals surface area contributed by atoms with Crippen LogP contribution in [-0.4, -0.2) is 66.6 Å². The molecule has 148 valence electrons. The smallest absolute Gasteiger partial charge is 0.254 e. The molecule has 2 aliphatic rings. The van der Waals surface area contributed by atoms with Crippen LogP contribution in [0.1, 0.15) is 21.3 Å². The fourth-order valence-electron chi connectivity index (χ4n) is 3.75. The fraction of sp³-hybridized carbons (Fsp3) is 0.400. The van der Waals surface area contributed by atoms with Crippen LogP contribution in [0, 0.1) is 5.82 Å². The van der Waals surface area contributed by atoms with Crippen molar-refractivity contribution in [2.24, 2.45) is 0 Å². The number of piperazine rings is 1. The van der Waals surface area contributed by atoms with E-state index in [4.69, 9.17) is 0 Å². The second-order valence-electron chi connectivity index (χ2n) is 7.11. The first-order chi connectivity index (χ1) is 13.6. The first kappa shape index (κ1) is 19.4. The molecule has 0 saturated carbocycles. The average molecular weight is 421 g/mol. The summed E-state index contributed by atoms with van der Waals surface area (Å²) < 4.78 is 13.4. The lowest BCUT2D eigenvalue weighted by Crippen LogP contribution is -3.15. The summed E-state index contributed by atoms with van der Waals surface area (Å²) in [4.78, 5) is 30.0. The molecule has 2 aromatic rings. The molecule has 5 nitrogen and oxygen atoms in total. The quantitative estimate of drug-likeness (QED) is 0.798. The number of hydrogen-bond donors (Lipinski definition) is 1. The minimum Gasteiger partial charge on any atom is -0.331 e. The molecular weight excluding hydrogens is 397 g/mol. The number of hydrogen-bond acceptors (Lipinski definition) is 4. The Morgan fingerprint density at radius 3 is 2.79 bits per heavy atom. The van der Waals surface area contributed by atoms with Gasteiger partial charge in [0, 0.05) is 5.56 Å². The highest BCUT2D eigenvalue weighted by atomic mass is 32.2. The highest BCUT2D eigenvalue weighted by molar-refractivity contribution is 8.00. The molecule has 1 aromatic heterocycles. The standard InChI is InChI=1S/C20H22FN3O2S2/c21-17-3-1-2-15(12-17)19(26)23-8-5-22(6-9-23)7-10-24-18(25)14-28-20(24)16-4-11-27-13-16/h1-4,11-13,20H,5-10,14H2/p+1/t20-/m1/s1. The largest absolute Gasteiger partial charge is 0.331 e. The van der Waals surface area contributed by atoms with E-state index in [-0.39, 0.29) is 23.0 Å². The van der Waals surface area contributed by atoms with E-state index >= 15 is 0 Å². The van der Waals surface area contributed by atoms with Gasteiger partial charge in [0.15, 0.2) is 0 Å². The topological polar surface area (TPSA) is 45.1 Å². The van der Waals surface area contributed by atoms with E-state index in [0.29, 0.717) is 24.4 Å². The molecule has 2 saturated heterocycles. The van der Waals surface area contributed by atoms with E-state index in [1.54, 1.807) is 40.1 Å². The molecule has 1 atom stereocenters. The zero-order valence-corrected chi connectivity index (χ0v) is 17.1. The van der Waals surface area contributed by atoms with Gasteiger partial charge in [-0.25, -0.2) is 4.39 Å². The molecule has 0 radical (unpaired) electrons. The van der Waals surface area contributed by atoms with Crippen LogP contribution in [0.2, 0.25) is 0 Å². The summed E-state index contributed by atoms with van der Waals surface area (Å²) >= 11 is 3.36. The van der Waals surface area contributed by atoms with Gasteiger partial charge >= 0.3 is 0 Å². The Morgan fingerprint density at radius 2 is 2.07 bits per heavy atom. The van der Waals surface area contributed by atoms with Crippen LogP contribution in [-0.2, 0) is 4.79 Å². The van der Waals surface area contributed by atoms with Gasteiger partial charge in [0.2, 0.25) is 5.91 Å². The lowest BCUT2D eigenvalue weighted by molar-refractivity contribution is -0.903. The van der Waals surface area contributed by atoms with Crippen LogP contribution in [0.5, 0.6) is 0 Å².